The van der Waals surface area contributed by atoms with Crippen LogP contribution in [0.1, 0.15) is 18.4 Å². The number of carbonyl (C=O) groups excluding carboxylic acids is 1. The fourth-order valence-electron chi connectivity index (χ4n) is 1.99. The molecule has 0 N–H and O–H groups in total. The SMILES string of the molecule is CC(COC(=O)n1cc[n+](C)c1)c1ccccc1[N+](=O)[O-].O=S(=O)([O-])C(F)(F)F. The normalized spacial score (nSPS) is 12.5. The van der Waals surface area contributed by atoms with Crippen molar-refractivity contribution in [1.82, 2.24) is 4.57 Å². The molecule has 0 aliphatic rings. The van der Waals surface area contributed by atoms with Crippen LogP contribution in [-0.2, 0) is 21.9 Å². The van der Waals surface area contributed by atoms with Crippen LogP contribution in [0.3, 0.4) is 0 Å². The summed E-state index contributed by atoms with van der Waals surface area (Å²) in [6, 6.07) is 6.46. The van der Waals surface area contributed by atoms with Gasteiger partial charge < -0.3 is 9.29 Å². The smallest absolute Gasteiger partial charge is 0.511 e. The summed E-state index contributed by atoms with van der Waals surface area (Å²) in [5, 5.41) is 11.0. The average Bonchev–Trinajstić information content (AvgIpc) is 3.04. The van der Waals surface area contributed by atoms with Crippen molar-refractivity contribution in [2.75, 3.05) is 6.61 Å². The molecule has 0 bridgehead atoms. The zero-order chi connectivity index (χ0) is 22.4. The van der Waals surface area contributed by atoms with Crippen LogP contribution in [0, 0.1) is 10.1 Å². The molecule has 10 nitrogen and oxygen atoms in total. The quantitative estimate of drug-likeness (QED) is 0.234. The Morgan fingerprint density at radius 2 is 1.90 bits per heavy atom. The highest BCUT2D eigenvalue weighted by Gasteiger charge is 2.36. The second kappa shape index (κ2) is 9.47. The topological polar surface area (TPSA) is 135 Å². The van der Waals surface area contributed by atoms with Gasteiger partial charge in [-0.1, -0.05) is 25.1 Å². The van der Waals surface area contributed by atoms with Crippen molar-refractivity contribution in [3.63, 3.8) is 0 Å². The van der Waals surface area contributed by atoms with E-state index in [9.17, 15) is 28.1 Å². The predicted molar refractivity (Wildman–Crippen MR) is 89.6 cm³/mol. The van der Waals surface area contributed by atoms with Crippen LogP contribution in [0.15, 0.2) is 43.0 Å². The number of aromatic nitrogens is 2. The van der Waals surface area contributed by atoms with Crippen LogP contribution >= 0.6 is 0 Å². The number of rotatable bonds is 4. The highest BCUT2D eigenvalue weighted by atomic mass is 32.2. The lowest BCUT2D eigenvalue weighted by molar-refractivity contribution is -0.670. The Kier molecular flexibility index (Phi) is 7.85. The molecule has 0 amide bonds. The fraction of sp³-hybridized carbons (Fsp3) is 0.333. The molecule has 0 aliphatic carbocycles. The van der Waals surface area contributed by atoms with E-state index in [4.69, 9.17) is 17.7 Å². The molecular formula is C15H16F3N3O7S. The van der Waals surface area contributed by atoms with Crippen molar-refractivity contribution in [1.29, 1.82) is 0 Å². The predicted octanol–water partition coefficient (Wildman–Crippen LogP) is 2.06. The minimum absolute atomic E-state index is 0.0356. The Morgan fingerprint density at radius 3 is 2.34 bits per heavy atom. The average molecular weight is 439 g/mol. The molecule has 1 aromatic heterocycles. The highest BCUT2D eigenvalue weighted by Crippen LogP contribution is 2.26. The number of ether oxygens (including phenoxy) is 1. The maximum atomic E-state index is 11.8. The summed E-state index contributed by atoms with van der Waals surface area (Å²) < 4.78 is 67.1. The van der Waals surface area contributed by atoms with E-state index in [-0.39, 0.29) is 18.2 Å². The molecule has 0 fully saturated rings. The minimum atomic E-state index is -6.09. The van der Waals surface area contributed by atoms with Crippen LogP contribution in [0.5, 0.6) is 0 Å². The molecule has 2 rings (SSSR count). The zero-order valence-corrected chi connectivity index (χ0v) is 15.9. The van der Waals surface area contributed by atoms with E-state index in [0.717, 1.165) is 0 Å². The first-order valence-corrected chi connectivity index (χ1v) is 9.10. The standard InChI is InChI=1S/C14H16N3O4.CHF3O3S/c1-11(12-5-3-4-6-13(12)17(19)20)9-21-14(18)16-8-7-15(2)10-16;2-1(3,4)8(5,6)7/h3-8,10-11H,9H2,1-2H3;(H,5,6,7)/q+1;/p-1. The maximum absolute atomic E-state index is 11.8. The van der Waals surface area contributed by atoms with Gasteiger partial charge in [0, 0.05) is 17.5 Å². The lowest BCUT2D eigenvalue weighted by Gasteiger charge is -2.11. The molecule has 1 atom stereocenters. The summed E-state index contributed by atoms with van der Waals surface area (Å²) in [6.07, 6.45) is 4.36. The Morgan fingerprint density at radius 1 is 1.34 bits per heavy atom. The van der Waals surface area contributed by atoms with Gasteiger partial charge in [0.25, 0.3) is 12.0 Å². The van der Waals surface area contributed by atoms with Gasteiger partial charge >= 0.3 is 11.6 Å². The molecule has 2 aromatic rings. The lowest BCUT2D eigenvalue weighted by Crippen LogP contribution is -2.25. The third-order valence-electron chi connectivity index (χ3n) is 3.38. The van der Waals surface area contributed by atoms with Crippen LogP contribution in [0.25, 0.3) is 0 Å². The highest BCUT2D eigenvalue weighted by molar-refractivity contribution is 7.86. The number of aryl methyl sites for hydroxylation is 1. The van der Waals surface area contributed by atoms with Gasteiger partial charge in [-0.3, -0.25) is 10.1 Å². The number of nitrogens with zero attached hydrogens (tertiary/aromatic N) is 3. The molecule has 29 heavy (non-hydrogen) atoms. The van der Waals surface area contributed by atoms with E-state index in [2.05, 4.69) is 0 Å². The number of imidazole rings is 1. The molecule has 0 saturated carbocycles. The molecule has 0 aliphatic heterocycles. The Balaban J connectivity index is 0.000000447. The molecular weight excluding hydrogens is 423 g/mol. The second-order valence-electron chi connectivity index (χ2n) is 5.68. The largest absolute Gasteiger partial charge is 0.741 e. The van der Waals surface area contributed by atoms with Gasteiger partial charge in [-0.2, -0.15) is 18.0 Å². The number of alkyl halides is 3. The summed E-state index contributed by atoms with van der Waals surface area (Å²) in [5.41, 5.74) is -5.06. The van der Waals surface area contributed by atoms with Crippen LogP contribution in [0.2, 0.25) is 0 Å². The number of para-hydroxylation sites is 1. The van der Waals surface area contributed by atoms with Crippen molar-refractivity contribution in [2.24, 2.45) is 7.05 Å². The Hall–Kier alpha value is -3.00. The van der Waals surface area contributed by atoms with Gasteiger partial charge in [0.05, 0.1) is 12.0 Å². The van der Waals surface area contributed by atoms with Gasteiger partial charge in [-0.15, -0.1) is 4.57 Å². The first-order valence-electron chi connectivity index (χ1n) is 7.70. The van der Waals surface area contributed by atoms with Gasteiger partial charge in [0.15, 0.2) is 10.1 Å². The first-order chi connectivity index (χ1) is 13.2. The van der Waals surface area contributed by atoms with Crippen LogP contribution in [-0.4, -0.2) is 40.7 Å². The number of hydrogen-bond acceptors (Lipinski definition) is 7. The number of nitro groups is 1. The monoisotopic (exact) mass is 439 g/mol. The summed E-state index contributed by atoms with van der Waals surface area (Å²) in [6.45, 7) is 1.86. The van der Waals surface area contributed by atoms with E-state index in [1.165, 1.54) is 10.6 Å². The number of benzene rings is 1. The molecule has 0 spiro atoms. The van der Waals surface area contributed by atoms with Crippen LogP contribution < -0.4 is 4.57 Å². The van der Waals surface area contributed by atoms with E-state index >= 15 is 0 Å². The van der Waals surface area contributed by atoms with Crippen molar-refractivity contribution in [3.8, 4) is 0 Å². The van der Waals surface area contributed by atoms with Crippen molar-refractivity contribution >= 4 is 21.9 Å². The van der Waals surface area contributed by atoms with Gasteiger partial charge in [0.2, 0.25) is 0 Å². The third-order valence-corrected chi connectivity index (χ3v) is 3.95. The maximum Gasteiger partial charge on any atom is 0.511 e. The molecule has 1 unspecified atom stereocenters. The fourth-order valence-corrected chi connectivity index (χ4v) is 1.99. The van der Waals surface area contributed by atoms with Crippen molar-refractivity contribution in [3.05, 3.63) is 58.7 Å². The van der Waals surface area contributed by atoms with Crippen LogP contribution in [0.4, 0.5) is 23.7 Å². The van der Waals surface area contributed by atoms with Gasteiger partial charge in [0.1, 0.15) is 19.0 Å². The number of carbonyl (C=O) groups is 1. The van der Waals surface area contributed by atoms with E-state index in [0.29, 0.717) is 5.56 Å². The summed E-state index contributed by atoms with van der Waals surface area (Å²) in [4.78, 5) is 22.4. The van der Waals surface area contributed by atoms with Gasteiger partial charge in [-0.05, 0) is 0 Å². The Labute approximate surface area is 163 Å². The minimum Gasteiger partial charge on any atom is -0.741 e. The molecule has 0 radical (unpaired) electrons. The Bertz CT molecular complexity index is 974. The van der Waals surface area contributed by atoms with Gasteiger partial charge in [-0.25, -0.2) is 13.0 Å². The molecule has 0 saturated heterocycles. The molecule has 160 valence electrons. The molecule has 1 heterocycles. The molecule has 14 heteroatoms. The van der Waals surface area contributed by atoms with Crippen molar-refractivity contribution < 1.29 is 45.2 Å². The van der Waals surface area contributed by atoms with Crippen molar-refractivity contribution in [2.45, 2.75) is 18.3 Å². The summed E-state index contributed by atoms with van der Waals surface area (Å²) in [7, 11) is -4.30. The van der Waals surface area contributed by atoms with E-state index < -0.39 is 26.6 Å². The third kappa shape index (κ3) is 7.15. The number of halogens is 3. The number of hydrogen-bond donors (Lipinski definition) is 0. The lowest BCUT2D eigenvalue weighted by atomic mass is 10.0. The molecule has 1 aromatic carbocycles. The summed E-state index contributed by atoms with van der Waals surface area (Å²) >= 11 is 0. The summed E-state index contributed by atoms with van der Waals surface area (Å²) in [5.74, 6) is -0.264. The zero-order valence-electron chi connectivity index (χ0n) is 15.1. The van der Waals surface area contributed by atoms with E-state index in [1.54, 1.807) is 55.5 Å². The number of nitro benzene ring substituents is 1. The first kappa shape index (κ1) is 24.0. The van der Waals surface area contributed by atoms with E-state index in [1.807, 2.05) is 0 Å². The second-order valence-corrected chi connectivity index (χ2v) is 7.05.